The number of hydrogen-bond acceptors (Lipinski definition) is 7. The first-order valence-corrected chi connectivity index (χ1v) is 8.72. The molecule has 144 valence electrons. The lowest BCUT2D eigenvalue weighted by Crippen LogP contribution is -2.54. The van der Waals surface area contributed by atoms with E-state index in [1.807, 2.05) is 0 Å². The van der Waals surface area contributed by atoms with Crippen molar-refractivity contribution in [3.8, 4) is 0 Å². The summed E-state index contributed by atoms with van der Waals surface area (Å²) in [6.07, 6.45) is 0.227. The van der Waals surface area contributed by atoms with Gasteiger partial charge in [-0.25, -0.2) is 0 Å². The number of ether oxygens (including phenoxy) is 1. The van der Waals surface area contributed by atoms with E-state index in [2.05, 4.69) is 10.6 Å². The van der Waals surface area contributed by atoms with Gasteiger partial charge in [0.15, 0.2) is 0 Å². The molecule has 2 heterocycles. The predicted octanol–water partition coefficient (Wildman–Crippen LogP) is -0.849. The molecular weight excluding hydrogens is 352 g/mol. The van der Waals surface area contributed by atoms with Crippen molar-refractivity contribution in [2.75, 3.05) is 20.3 Å². The number of rotatable bonds is 7. The Morgan fingerprint density at radius 2 is 2.07 bits per heavy atom. The zero-order chi connectivity index (χ0) is 19.6. The van der Waals surface area contributed by atoms with Crippen molar-refractivity contribution in [1.29, 1.82) is 0 Å². The summed E-state index contributed by atoms with van der Waals surface area (Å²) in [4.78, 5) is 50.1. The van der Waals surface area contributed by atoms with Crippen molar-refractivity contribution < 1.29 is 23.9 Å². The molecule has 0 aliphatic carbocycles. The molecule has 1 saturated heterocycles. The third kappa shape index (κ3) is 3.75. The van der Waals surface area contributed by atoms with E-state index in [-0.39, 0.29) is 24.4 Å². The molecule has 0 bridgehead atoms. The summed E-state index contributed by atoms with van der Waals surface area (Å²) < 4.78 is 4.98. The van der Waals surface area contributed by atoms with E-state index in [0.29, 0.717) is 30.8 Å². The molecule has 0 saturated carbocycles. The van der Waals surface area contributed by atoms with Crippen molar-refractivity contribution >= 4 is 23.6 Å². The Bertz CT molecular complexity index is 794. The highest BCUT2D eigenvalue weighted by Gasteiger charge is 2.45. The summed E-state index contributed by atoms with van der Waals surface area (Å²) in [5, 5.41) is 5.33. The van der Waals surface area contributed by atoms with Gasteiger partial charge in [-0.2, -0.15) is 0 Å². The SMILES string of the molecule is COCC(N)CNCc1cccc2c1C(=O)N(C1CCC(=O)NC1=O)C2=O. The van der Waals surface area contributed by atoms with E-state index in [1.54, 1.807) is 25.3 Å². The highest BCUT2D eigenvalue weighted by molar-refractivity contribution is 6.24. The Morgan fingerprint density at radius 3 is 2.78 bits per heavy atom. The molecule has 3 rings (SSSR count). The van der Waals surface area contributed by atoms with E-state index in [0.717, 1.165) is 4.90 Å². The maximum absolute atomic E-state index is 12.9. The molecule has 9 nitrogen and oxygen atoms in total. The fourth-order valence-corrected chi connectivity index (χ4v) is 3.40. The van der Waals surface area contributed by atoms with Gasteiger partial charge < -0.3 is 15.8 Å². The normalized spacial score (nSPS) is 20.7. The number of nitrogens with one attached hydrogen (secondary N) is 2. The number of piperidine rings is 1. The lowest BCUT2D eigenvalue weighted by Gasteiger charge is -2.27. The number of carbonyl (C=O) groups excluding carboxylic acids is 4. The fraction of sp³-hybridized carbons (Fsp3) is 0.444. The van der Waals surface area contributed by atoms with Crippen LogP contribution in [0.3, 0.4) is 0 Å². The first-order chi connectivity index (χ1) is 12.9. The van der Waals surface area contributed by atoms with E-state index < -0.39 is 29.7 Å². The van der Waals surface area contributed by atoms with Gasteiger partial charge in [0.25, 0.3) is 11.8 Å². The number of nitrogens with two attached hydrogens (primary N) is 1. The number of amides is 4. The second-order valence-electron chi connectivity index (χ2n) is 6.63. The first kappa shape index (κ1) is 19.2. The Labute approximate surface area is 156 Å². The summed E-state index contributed by atoms with van der Waals surface area (Å²) in [5.41, 5.74) is 7.09. The predicted molar refractivity (Wildman–Crippen MR) is 94.7 cm³/mol. The van der Waals surface area contributed by atoms with Crippen molar-refractivity contribution in [3.63, 3.8) is 0 Å². The molecule has 0 radical (unpaired) electrons. The van der Waals surface area contributed by atoms with Crippen molar-refractivity contribution in [2.45, 2.75) is 31.5 Å². The summed E-state index contributed by atoms with van der Waals surface area (Å²) in [5.74, 6) is -2.04. The second kappa shape index (κ2) is 7.95. The van der Waals surface area contributed by atoms with Crippen LogP contribution in [0.4, 0.5) is 0 Å². The van der Waals surface area contributed by atoms with Gasteiger partial charge in [0, 0.05) is 32.7 Å². The summed E-state index contributed by atoms with van der Waals surface area (Å²) in [6, 6.07) is 3.87. The van der Waals surface area contributed by atoms with Gasteiger partial charge in [0.1, 0.15) is 6.04 Å². The molecule has 1 aromatic rings. The van der Waals surface area contributed by atoms with Crippen LogP contribution in [0, 0.1) is 0 Å². The molecule has 2 aliphatic rings. The summed E-state index contributed by atoms with van der Waals surface area (Å²) in [6.45, 7) is 1.24. The second-order valence-corrected chi connectivity index (χ2v) is 6.63. The standard InChI is InChI=1S/C18H22N4O5/c1-27-9-11(19)8-20-7-10-3-2-4-12-15(10)18(26)22(17(12)25)13-5-6-14(23)21-16(13)24/h2-4,11,13,20H,5-9,19H2,1H3,(H,21,23,24). The molecule has 4 amide bonds. The molecule has 4 N–H and O–H groups in total. The highest BCUT2D eigenvalue weighted by Crippen LogP contribution is 2.29. The third-order valence-electron chi connectivity index (χ3n) is 4.66. The Hall–Kier alpha value is -2.62. The Balaban J connectivity index is 1.78. The van der Waals surface area contributed by atoms with Crippen molar-refractivity contribution in [1.82, 2.24) is 15.5 Å². The van der Waals surface area contributed by atoms with Crippen LogP contribution < -0.4 is 16.4 Å². The number of methoxy groups -OCH3 is 1. The molecule has 0 spiro atoms. The summed E-state index contributed by atoms with van der Waals surface area (Å²) in [7, 11) is 1.57. The minimum Gasteiger partial charge on any atom is -0.383 e. The van der Waals surface area contributed by atoms with E-state index >= 15 is 0 Å². The van der Waals surface area contributed by atoms with Gasteiger partial charge >= 0.3 is 0 Å². The van der Waals surface area contributed by atoms with Gasteiger partial charge in [-0.3, -0.25) is 29.4 Å². The average Bonchev–Trinajstić information content (AvgIpc) is 2.87. The lowest BCUT2D eigenvalue weighted by molar-refractivity contribution is -0.136. The van der Waals surface area contributed by atoms with Crippen LogP contribution in [0.1, 0.15) is 39.1 Å². The number of nitrogens with zero attached hydrogens (tertiary/aromatic N) is 1. The zero-order valence-electron chi connectivity index (χ0n) is 15.0. The minimum atomic E-state index is -0.967. The van der Waals surface area contributed by atoms with Crippen LogP contribution in [-0.2, 0) is 20.9 Å². The molecular formula is C18H22N4O5. The number of hydrogen-bond donors (Lipinski definition) is 3. The quantitative estimate of drug-likeness (QED) is 0.530. The molecule has 2 unspecified atom stereocenters. The van der Waals surface area contributed by atoms with Crippen LogP contribution >= 0.6 is 0 Å². The van der Waals surface area contributed by atoms with Gasteiger partial charge in [-0.1, -0.05) is 12.1 Å². The third-order valence-corrected chi connectivity index (χ3v) is 4.66. The van der Waals surface area contributed by atoms with Crippen LogP contribution in [-0.4, -0.2) is 60.9 Å². The molecule has 1 aromatic carbocycles. The van der Waals surface area contributed by atoms with E-state index in [9.17, 15) is 19.2 Å². The molecule has 9 heteroatoms. The van der Waals surface area contributed by atoms with Crippen LogP contribution in [0.25, 0.3) is 0 Å². The Kier molecular flexibility index (Phi) is 5.64. The summed E-state index contributed by atoms with van der Waals surface area (Å²) >= 11 is 0. The van der Waals surface area contributed by atoms with Crippen LogP contribution in [0.15, 0.2) is 18.2 Å². The number of fused-ring (bicyclic) bond motifs is 1. The van der Waals surface area contributed by atoms with Gasteiger partial charge in [0.2, 0.25) is 11.8 Å². The molecule has 2 atom stereocenters. The smallest absolute Gasteiger partial charge is 0.262 e. The zero-order valence-corrected chi connectivity index (χ0v) is 15.0. The van der Waals surface area contributed by atoms with Gasteiger partial charge in [-0.05, 0) is 18.1 Å². The molecule has 2 aliphatic heterocycles. The lowest BCUT2D eigenvalue weighted by atomic mass is 10.0. The maximum atomic E-state index is 12.9. The van der Waals surface area contributed by atoms with Crippen LogP contribution in [0.5, 0.6) is 0 Å². The highest BCUT2D eigenvalue weighted by atomic mass is 16.5. The van der Waals surface area contributed by atoms with Crippen molar-refractivity contribution in [2.24, 2.45) is 5.73 Å². The average molecular weight is 374 g/mol. The molecule has 0 aromatic heterocycles. The fourth-order valence-electron chi connectivity index (χ4n) is 3.40. The van der Waals surface area contributed by atoms with Gasteiger partial charge in [-0.15, -0.1) is 0 Å². The monoisotopic (exact) mass is 374 g/mol. The first-order valence-electron chi connectivity index (χ1n) is 8.72. The number of carbonyl (C=O) groups is 4. The number of imide groups is 2. The van der Waals surface area contributed by atoms with Crippen LogP contribution in [0.2, 0.25) is 0 Å². The number of benzene rings is 1. The maximum Gasteiger partial charge on any atom is 0.262 e. The van der Waals surface area contributed by atoms with E-state index in [4.69, 9.17) is 10.5 Å². The largest absolute Gasteiger partial charge is 0.383 e. The minimum absolute atomic E-state index is 0.0929. The van der Waals surface area contributed by atoms with Gasteiger partial charge in [0.05, 0.1) is 17.7 Å². The Morgan fingerprint density at radius 1 is 1.30 bits per heavy atom. The van der Waals surface area contributed by atoms with E-state index in [1.165, 1.54) is 0 Å². The topological polar surface area (TPSA) is 131 Å². The van der Waals surface area contributed by atoms with Crippen molar-refractivity contribution in [3.05, 3.63) is 34.9 Å². The molecule has 1 fully saturated rings. The molecule has 27 heavy (non-hydrogen) atoms.